The van der Waals surface area contributed by atoms with Crippen molar-refractivity contribution >= 4 is 11.8 Å². The highest BCUT2D eigenvalue weighted by atomic mass is 32.2. The van der Waals surface area contributed by atoms with Crippen molar-refractivity contribution in [3.8, 4) is 11.4 Å². The molecule has 0 N–H and O–H groups in total. The molecule has 0 radical (unpaired) electrons. The predicted molar refractivity (Wildman–Crippen MR) is 120 cm³/mol. The number of morpholine rings is 1. The number of ether oxygens (including phenoxy) is 1. The number of hydrogen-bond acceptors (Lipinski definition) is 8. The van der Waals surface area contributed by atoms with E-state index in [2.05, 4.69) is 43.7 Å². The van der Waals surface area contributed by atoms with Gasteiger partial charge in [0.1, 0.15) is 5.82 Å². The van der Waals surface area contributed by atoms with E-state index in [1.165, 1.54) is 23.9 Å². The number of aromatic nitrogens is 5. The summed E-state index contributed by atoms with van der Waals surface area (Å²) in [6.07, 6.45) is 1.85. The molecule has 0 amide bonds. The van der Waals surface area contributed by atoms with Crippen LogP contribution in [-0.4, -0.2) is 62.7 Å². The molecule has 1 aliphatic rings. The summed E-state index contributed by atoms with van der Waals surface area (Å²) in [6, 6.07) is 6.36. The van der Waals surface area contributed by atoms with Crippen LogP contribution in [0.25, 0.3) is 11.4 Å². The van der Waals surface area contributed by atoms with Crippen LogP contribution in [0.5, 0.6) is 0 Å². The fraction of sp³-hybridized carbons (Fsp3) is 0.545. The average Bonchev–Trinajstić information content (AvgIpc) is 3.43. The van der Waals surface area contributed by atoms with Crippen molar-refractivity contribution in [3.05, 3.63) is 41.8 Å². The lowest BCUT2D eigenvalue weighted by Crippen LogP contribution is -2.38. The number of thioether (sulfide) groups is 1. The zero-order valence-corrected chi connectivity index (χ0v) is 19.4. The van der Waals surface area contributed by atoms with E-state index in [1.807, 2.05) is 0 Å². The van der Waals surface area contributed by atoms with Crippen molar-refractivity contribution < 1.29 is 13.7 Å². The Morgan fingerprint density at radius 1 is 1.09 bits per heavy atom. The summed E-state index contributed by atoms with van der Waals surface area (Å²) in [5, 5.41) is 13.7. The zero-order valence-electron chi connectivity index (χ0n) is 18.5. The van der Waals surface area contributed by atoms with E-state index in [0.717, 1.165) is 74.6 Å². The van der Waals surface area contributed by atoms with Gasteiger partial charge in [0, 0.05) is 38.2 Å². The number of aryl methyl sites for hydroxylation is 1. The van der Waals surface area contributed by atoms with Crippen molar-refractivity contribution in [2.24, 2.45) is 5.92 Å². The Hall–Kier alpha value is -2.30. The highest BCUT2D eigenvalue weighted by Crippen LogP contribution is 2.26. The highest BCUT2D eigenvalue weighted by molar-refractivity contribution is 7.98. The van der Waals surface area contributed by atoms with Gasteiger partial charge in [0.15, 0.2) is 16.8 Å². The third-order valence-electron chi connectivity index (χ3n) is 5.34. The molecule has 3 aromatic rings. The number of benzene rings is 1. The first-order valence-corrected chi connectivity index (χ1v) is 12.0. The summed E-state index contributed by atoms with van der Waals surface area (Å²) in [5.74, 6) is 2.90. The molecule has 4 rings (SSSR count). The molecule has 0 atom stereocenters. The summed E-state index contributed by atoms with van der Waals surface area (Å²) in [5.41, 5.74) is 0.835. The van der Waals surface area contributed by atoms with Crippen LogP contribution in [0.1, 0.15) is 32.0 Å². The first kappa shape index (κ1) is 22.9. The lowest BCUT2D eigenvalue weighted by molar-refractivity contribution is 0.0361. The van der Waals surface area contributed by atoms with Crippen LogP contribution in [0.2, 0.25) is 0 Å². The molecule has 0 bridgehead atoms. The second kappa shape index (κ2) is 11.0. The molecular formula is C22H29FN6O2S. The molecule has 10 heteroatoms. The van der Waals surface area contributed by atoms with E-state index in [1.54, 1.807) is 12.1 Å². The van der Waals surface area contributed by atoms with Crippen LogP contribution in [0.3, 0.4) is 0 Å². The monoisotopic (exact) mass is 460 g/mol. The number of halogens is 1. The Morgan fingerprint density at radius 3 is 2.62 bits per heavy atom. The van der Waals surface area contributed by atoms with Gasteiger partial charge in [-0.05, 0) is 36.6 Å². The maximum absolute atomic E-state index is 13.4. The molecule has 172 valence electrons. The summed E-state index contributed by atoms with van der Waals surface area (Å²) in [6.45, 7) is 9.29. The van der Waals surface area contributed by atoms with Gasteiger partial charge < -0.3 is 13.8 Å². The van der Waals surface area contributed by atoms with Gasteiger partial charge in [0.05, 0.1) is 19.0 Å². The number of rotatable bonds is 10. The van der Waals surface area contributed by atoms with Gasteiger partial charge in [-0.25, -0.2) is 4.39 Å². The maximum Gasteiger partial charge on any atom is 0.237 e. The highest BCUT2D eigenvalue weighted by Gasteiger charge is 2.18. The van der Waals surface area contributed by atoms with E-state index < -0.39 is 0 Å². The topological polar surface area (TPSA) is 82.1 Å². The van der Waals surface area contributed by atoms with Crippen LogP contribution in [0.15, 0.2) is 33.9 Å². The molecule has 3 heterocycles. The molecule has 2 aromatic heterocycles. The van der Waals surface area contributed by atoms with Crippen molar-refractivity contribution in [3.63, 3.8) is 0 Å². The molecule has 1 aliphatic heterocycles. The SMILES string of the molecule is CC(C)CCc1noc(CSc2nnc(-c3ccc(F)cc3)n2CCN2CCOCC2)n1. The Balaban J connectivity index is 1.47. The Morgan fingerprint density at radius 2 is 1.88 bits per heavy atom. The third kappa shape index (κ3) is 6.14. The third-order valence-corrected chi connectivity index (χ3v) is 6.29. The number of nitrogens with zero attached hydrogens (tertiary/aromatic N) is 6. The molecule has 0 unspecified atom stereocenters. The molecule has 1 aromatic carbocycles. The van der Waals surface area contributed by atoms with Gasteiger partial charge in [-0.3, -0.25) is 4.90 Å². The van der Waals surface area contributed by atoms with Gasteiger partial charge in [-0.1, -0.05) is 30.8 Å². The van der Waals surface area contributed by atoms with Gasteiger partial charge in [0.25, 0.3) is 0 Å². The minimum atomic E-state index is -0.271. The van der Waals surface area contributed by atoms with Crippen molar-refractivity contribution in [1.29, 1.82) is 0 Å². The quantitative estimate of drug-likeness (QED) is 0.424. The fourth-order valence-corrected chi connectivity index (χ4v) is 4.27. The normalized spacial score (nSPS) is 15.0. The lowest BCUT2D eigenvalue weighted by atomic mass is 10.1. The molecule has 8 nitrogen and oxygen atoms in total. The first-order valence-electron chi connectivity index (χ1n) is 11.0. The molecular weight excluding hydrogens is 431 g/mol. The van der Waals surface area contributed by atoms with E-state index in [9.17, 15) is 4.39 Å². The standard InChI is InChI=1S/C22H29FN6O2S/c1-16(2)3-8-19-24-20(31-27-19)15-32-22-26-25-21(17-4-6-18(23)7-5-17)29(22)10-9-28-11-13-30-14-12-28/h4-7,16H,3,8-15H2,1-2H3. The second-order valence-corrected chi connectivity index (χ2v) is 9.19. The van der Waals surface area contributed by atoms with Crippen LogP contribution in [-0.2, 0) is 23.5 Å². The van der Waals surface area contributed by atoms with E-state index in [0.29, 0.717) is 17.6 Å². The summed E-state index contributed by atoms with van der Waals surface area (Å²) < 4.78 is 26.4. The molecule has 1 fully saturated rings. The van der Waals surface area contributed by atoms with Crippen LogP contribution in [0, 0.1) is 11.7 Å². The Kier molecular flexibility index (Phi) is 7.88. The van der Waals surface area contributed by atoms with E-state index >= 15 is 0 Å². The van der Waals surface area contributed by atoms with Gasteiger partial charge in [0.2, 0.25) is 5.89 Å². The van der Waals surface area contributed by atoms with Gasteiger partial charge in [-0.2, -0.15) is 4.98 Å². The Labute approximate surface area is 191 Å². The lowest BCUT2D eigenvalue weighted by Gasteiger charge is -2.27. The van der Waals surface area contributed by atoms with Crippen molar-refractivity contribution in [2.45, 2.75) is 44.1 Å². The Bertz CT molecular complexity index is 985. The minimum Gasteiger partial charge on any atom is -0.379 e. The predicted octanol–water partition coefficient (Wildman–Crippen LogP) is 3.68. The van der Waals surface area contributed by atoms with Crippen molar-refractivity contribution in [2.75, 3.05) is 32.8 Å². The van der Waals surface area contributed by atoms with Crippen LogP contribution < -0.4 is 0 Å². The molecule has 0 aliphatic carbocycles. The van der Waals surface area contributed by atoms with Crippen LogP contribution >= 0.6 is 11.8 Å². The average molecular weight is 461 g/mol. The smallest absolute Gasteiger partial charge is 0.237 e. The minimum absolute atomic E-state index is 0.271. The summed E-state index contributed by atoms with van der Waals surface area (Å²) in [4.78, 5) is 6.87. The van der Waals surface area contributed by atoms with E-state index in [4.69, 9.17) is 9.26 Å². The summed E-state index contributed by atoms with van der Waals surface area (Å²) in [7, 11) is 0. The molecule has 0 saturated carbocycles. The second-order valence-electron chi connectivity index (χ2n) is 8.24. The first-order chi connectivity index (χ1) is 15.6. The van der Waals surface area contributed by atoms with Gasteiger partial charge >= 0.3 is 0 Å². The summed E-state index contributed by atoms with van der Waals surface area (Å²) >= 11 is 1.52. The van der Waals surface area contributed by atoms with E-state index in [-0.39, 0.29) is 5.82 Å². The van der Waals surface area contributed by atoms with Crippen molar-refractivity contribution in [1.82, 2.24) is 29.8 Å². The number of hydrogen-bond donors (Lipinski definition) is 0. The molecule has 32 heavy (non-hydrogen) atoms. The molecule has 0 spiro atoms. The zero-order chi connectivity index (χ0) is 22.3. The molecule has 1 saturated heterocycles. The van der Waals surface area contributed by atoms with Crippen LogP contribution in [0.4, 0.5) is 4.39 Å². The maximum atomic E-state index is 13.4. The fourth-order valence-electron chi connectivity index (χ4n) is 3.47. The van der Waals surface area contributed by atoms with Gasteiger partial charge in [-0.15, -0.1) is 10.2 Å². The largest absolute Gasteiger partial charge is 0.379 e.